The van der Waals surface area contributed by atoms with Gasteiger partial charge < -0.3 is 9.94 Å². The van der Waals surface area contributed by atoms with E-state index in [1.54, 1.807) is 4.90 Å². The van der Waals surface area contributed by atoms with Crippen molar-refractivity contribution in [1.29, 1.82) is 0 Å². The molecule has 3 aliphatic rings. The zero-order valence-corrected chi connectivity index (χ0v) is 14.7. The van der Waals surface area contributed by atoms with Crippen LogP contribution in [0.3, 0.4) is 0 Å². The van der Waals surface area contributed by atoms with E-state index in [0.717, 1.165) is 5.56 Å². The molecule has 3 saturated heterocycles. The molecule has 1 N–H and O–H groups in total. The molecule has 0 aromatic heterocycles. The zero-order valence-electron chi connectivity index (χ0n) is 14.7. The number of aliphatic hydroxyl groups is 1. The van der Waals surface area contributed by atoms with Gasteiger partial charge in [-0.3, -0.25) is 14.4 Å². The van der Waals surface area contributed by atoms with Crippen LogP contribution in [0.1, 0.15) is 31.2 Å². The quantitative estimate of drug-likeness (QED) is 0.726. The predicted molar refractivity (Wildman–Crippen MR) is 89.8 cm³/mol. The summed E-state index contributed by atoms with van der Waals surface area (Å²) in [4.78, 5) is 48.1. The third-order valence-corrected chi connectivity index (χ3v) is 5.16. The van der Waals surface area contributed by atoms with Gasteiger partial charge in [0, 0.05) is 19.4 Å². The van der Waals surface area contributed by atoms with Crippen LogP contribution in [0.25, 0.3) is 0 Å². The highest BCUT2D eigenvalue weighted by atomic mass is 16.7. The second-order valence-electron chi connectivity index (χ2n) is 6.90. The van der Waals surface area contributed by atoms with Gasteiger partial charge in [-0.25, -0.2) is 9.69 Å². The molecule has 0 spiro atoms. The molecule has 0 radical (unpaired) electrons. The zero-order chi connectivity index (χ0) is 19.0. The summed E-state index contributed by atoms with van der Waals surface area (Å²) in [5.41, 5.74) is 0.975. The van der Waals surface area contributed by atoms with Crippen LogP contribution < -0.4 is 0 Å². The monoisotopic (exact) mass is 375 g/mol. The standard InChI is InChI=1S/C18H21N3O6/c22-15-8-9-16(23)21(15)27-17(24)14-7-6-13-10-19(14)18(25)20(13)26-11-12-4-2-1-3-5-12/h1-5,13-14,18,25H,6-11H2/t13-,14+,18?/m1/s1. The Kier molecular flexibility index (Phi) is 4.92. The molecule has 2 bridgehead atoms. The fourth-order valence-corrected chi connectivity index (χ4v) is 3.73. The molecule has 2 unspecified atom stereocenters. The highest BCUT2D eigenvalue weighted by Crippen LogP contribution is 2.33. The van der Waals surface area contributed by atoms with Gasteiger partial charge in [0.25, 0.3) is 11.8 Å². The molecule has 3 aliphatic heterocycles. The van der Waals surface area contributed by atoms with Crippen molar-refractivity contribution in [2.45, 2.75) is 50.7 Å². The van der Waals surface area contributed by atoms with Crippen molar-refractivity contribution in [2.75, 3.05) is 6.54 Å². The molecule has 9 nitrogen and oxygen atoms in total. The molecule has 1 aromatic rings. The first-order valence-electron chi connectivity index (χ1n) is 9.01. The molecular weight excluding hydrogens is 354 g/mol. The Morgan fingerprint density at radius 3 is 2.52 bits per heavy atom. The van der Waals surface area contributed by atoms with Crippen LogP contribution in [0.5, 0.6) is 0 Å². The number of benzene rings is 1. The maximum atomic E-state index is 12.5. The highest BCUT2D eigenvalue weighted by molar-refractivity contribution is 6.01. The Morgan fingerprint density at radius 2 is 1.81 bits per heavy atom. The number of piperidine rings is 1. The van der Waals surface area contributed by atoms with E-state index in [4.69, 9.17) is 9.68 Å². The second-order valence-corrected chi connectivity index (χ2v) is 6.90. The number of carbonyl (C=O) groups excluding carboxylic acids is 3. The van der Waals surface area contributed by atoms with Crippen LogP contribution >= 0.6 is 0 Å². The summed E-state index contributed by atoms with van der Waals surface area (Å²) in [7, 11) is 0. The number of nitrogens with zero attached hydrogens (tertiary/aromatic N) is 3. The van der Waals surface area contributed by atoms with Gasteiger partial charge in [0.05, 0.1) is 12.6 Å². The average molecular weight is 375 g/mol. The highest BCUT2D eigenvalue weighted by Gasteiger charge is 2.50. The molecule has 0 saturated carbocycles. The maximum absolute atomic E-state index is 12.5. The lowest BCUT2D eigenvalue weighted by Gasteiger charge is -2.30. The van der Waals surface area contributed by atoms with Crippen molar-refractivity contribution in [2.24, 2.45) is 0 Å². The first kappa shape index (κ1) is 18.1. The van der Waals surface area contributed by atoms with E-state index in [1.807, 2.05) is 30.3 Å². The van der Waals surface area contributed by atoms with Crippen LogP contribution in [0.2, 0.25) is 0 Å². The van der Waals surface area contributed by atoms with Gasteiger partial charge in [0.15, 0.2) is 6.35 Å². The van der Waals surface area contributed by atoms with Gasteiger partial charge in [-0.15, -0.1) is 10.1 Å². The number of hydrogen-bond donors (Lipinski definition) is 1. The fraction of sp³-hybridized carbons (Fsp3) is 0.500. The largest absolute Gasteiger partial charge is 0.363 e. The lowest BCUT2D eigenvalue weighted by molar-refractivity contribution is -0.266. The van der Waals surface area contributed by atoms with Crippen molar-refractivity contribution < 1.29 is 29.2 Å². The first-order chi connectivity index (χ1) is 13.0. The van der Waals surface area contributed by atoms with Crippen LogP contribution in [0, 0.1) is 0 Å². The number of aliphatic hydroxyl groups excluding tert-OH is 1. The third kappa shape index (κ3) is 3.46. The lowest BCUT2D eigenvalue weighted by atomic mass is 10.0. The molecule has 2 amide bonds. The number of amides is 2. The molecule has 3 fully saturated rings. The molecule has 3 heterocycles. The van der Waals surface area contributed by atoms with Crippen molar-refractivity contribution in [3.63, 3.8) is 0 Å². The smallest absolute Gasteiger partial charge is 0.350 e. The van der Waals surface area contributed by atoms with Crippen LogP contribution in [0.15, 0.2) is 30.3 Å². The Hall–Kier alpha value is -2.33. The van der Waals surface area contributed by atoms with Crippen molar-refractivity contribution in [3.8, 4) is 0 Å². The molecule has 1 aromatic carbocycles. The maximum Gasteiger partial charge on any atom is 0.350 e. The van der Waals surface area contributed by atoms with Crippen molar-refractivity contribution >= 4 is 17.8 Å². The second kappa shape index (κ2) is 7.35. The molecule has 4 atom stereocenters. The summed E-state index contributed by atoms with van der Waals surface area (Å²) in [6, 6.07) is 8.82. The number of hydrogen-bond acceptors (Lipinski definition) is 8. The predicted octanol–water partition coefficient (Wildman–Crippen LogP) is 0.150. The number of fused-ring (bicyclic) bond motifs is 2. The molecule has 144 valence electrons. The van der Waals surface area contributed by atoms with Crippen LogP contribution in [0.4, 0.5) is 0 Å². The minimum Gasteiger partial charge on any atom is -0.363 e. The summed E-state index contributed by atoms with van der Waals surface area (Å²) in [6.45, 7) is 0.756. The molecule has 27 heavy (non-hydrogen) atoms. The molecule has 9 heteroatoms. The lowest BCUT2D eigenvalue weighted by Crippen LogP contribution is -2.50. The number of rotatable bonds is 5. The molecular formula is C18H21N3O6. The Morgan fingerprint density at radius 1 is 1.11 bits per heavy atom. The summed E-state index contributed by atoms with van der Waals surface area (Å²) < 4.78 is 0. The Labute approximate surface area is 155 Å². The Balaban J connectivity index is 1.38. The third-order valence-electron chi connectivity index (χ3n) is 5.16. The number of hydroxylamine groups is 4. The van der Waals surface area contributed by atoms with E-state index in [1.165, 1.54) is 5.06 Å². The molecule has 0 aliphatic carbocycles. The summed E-state index contributed by atoms with van der Waals surface area (Å²) >= 11 is 0. The van der Waals surface area contributed by atoms with Gasteiger partial charge in [-0.1, -0.05) is 30.3 Å². The summed E-state index contributed by atoms with van der Waals surface area (Å²) in [6.07, 6.45) is 0.0775. The van der Waals surface area contributed by atoms with E-state index >= 15 is 0 Å². The van der Waals surface area contributed by atoms with Gasteiger partial charge >= 0.3 is 5.97 Å². The molecule has 4 rings (SSSR count). The van der Waals surface area contributed by atoms with Crippen LogP contribution in [-0.2, 0) is 30.7 Å². The number of imide groups is 1. The van der Waals surface area contributed by atoms with Crippen molar-refractivity contribution in [1.82, 2.24) is 15.0 Å². The topological polar surface area (TPSA) is 99.6 Å². The van der Waals surface area contributed by atoms with Gasteiger partial charge in [-0.05, 0) is 18.4 Å². The van der Waals surface area contributed by atoms with Crippen LogP contribution in [-0.4, -0.2) is 62.9 Å². The van der Waals surface area contributed by atoms with E-state index in [2.05, 4.69) is 0 Å². The first-order valence-corrected chi connectivity index (χ1v) is 9.01. The Bertz CT molecular complexity index is 726. The number of carbonyl (C=O) groups is 3. The van der Waals surface area contributed by atoms with E-state index < -0.39 is 30.2 Å². The van der Waals surface area contributed by atoms with E-state index in [0.29, 0.717) is 31.1 Å². The SMILES string of the molecule is O=C(ON1C(=O)CCC1=O)[C@@H]1CC[C@@H]2CN1C(O)N2OCc1ccccc1. The minimum atomic E-state index is -1.09. The van der Waals surface area contributed by atoms with E-state index in [9.17, 15) is 19.5 Å². The minimum absolute atomic E-state index is 0.0391. The van der Waals surface area contributed by atoms with Gasteiger partial charge in [0.1, 0.15) is 6.04 Å². The summed E-state index contributed by atoms with van der Waals surface area (Å²) in [5.74, 6) is -1.74. The fourth-order valence-electron chi connectivity index (χ4n) is 3.73. The van der Waals surface area contributed by atoms with Gasteiger partial charge in [-0.2, -0.15) is 0 Å². The van der Waals surface area contributed by atoms with E-state index in [-0.39, 0.29) is 18.9 Å². The normalized spacial score (nSPS) is 30.8. The average Bonchev–Trinajstić information content (AvgIpc) is 3.12. The van der Waals surface area contributed by atoms with Gasteiger partial charge in [0.2, 0.25) is 0 Å². The van der Waals surface area contributed by atoms with Crippen molar-refractivity contribution in [3.05, 3.63) is 35.9 Å². The summed E-state index contributed by atoms with van der Waals surface area (Å²) in [5, 5.41) is 12.6.